The molecule has 1 aliphatic rings. The molecule has 98 valence electrons. The van der Waals surface area contributed by atoms with E-state index < -0.39 is 5.82 Å². The van der Waals surface area contributed by atoms with Gasteiger partial charge in [-0.05, 0) is 36.5 Å². The summed E-state index contributed by atoms with van der Waals surface area (Å²) in [7, 11) is 0. The number of phenolic OH excluding ortho intramolecular Hbond substituents is 1. The number of hydrogen-bond donors (Lipinski definition) is 1. The first-order valence-electron chi connectivity index (χ1n) is 6.27. The normalized spacial score (nSPS) is 19.6. The molecule has 3 nitrogen and oxygen atoms in total. The lowest BCUT2D eigenvalue weighted by Crippen LogP contribution is -2.29. The minimum Gasteiger partial charge on any atom is -0.507 e. The predicted molar refractivity (Wildman–Crippen MR) is 66.9 cm³/mol. The summed E-state index contributed by atoms with van der Waals surface area (Å²) < 4.78 is 13.1. The molecule has 0 aromatic heterocycles. The number of halogens is 1. The zero-order valence-electron chi connectivity index (χ0n) is 10.7. The van der Waals surface area contributed by atoms with E-state index in [4.69, 9.17) is 0 Å². The summed E-state index contributed by atoms with van der Waals surface area (Å²) in [6.45, 7) is 5.64. The van der Waals surface area contributed by atoms with Crippen molar-refractivity contribution in [1.82, 2.24) is 4.90 Å². The quantitative estimate of drug-likeness (QED) is 0.877. The van der Waals surface area contributed by atoms with Crippen LogP contribution in [0.1, 0.15) is 30.6 Å². The molecule has 1 atom stereocenters. The van der Waals surface area contributed by atoms with Crippen LogP contribution in [0.3, 0.4) is 0 Å². The standard InChI is InChI=1S/C14H18FNO2/c1-9(2)10-5-6-16(8-10)14(18)12-7-11(15)3-4-13(12)17/h3-4,7,9-10,17H,5-6,8H2,1-2H3. The lowest BCUT2D eigenvalue weighted by atomic mass is 9.95. The van der Waals surface area contributed by atoms with Crippen LogP contribution in [0, 0.1) is 17.7 Å². The van der Waals surface area contributed by atoms with Gasteiger partial charge in [0.05, 0.1) is 5.56 Å². The number of carbonyl (C=O) groups is 1. The molecule has 1 amide bonds. The molecule has 0 spiro atoms. The third-order valence-corrected chi connectivity index (χ3v) is 3.64. The fourth-order valence-corrected chi connectivity index (χ4v) is 2.37. The maximum Gasteiger partial charge on any atom is 0.257 e. The van der Waals surface area contributed by atoms with Gasteiger partial charge >= 0.3 is 0 Å². The SMILES string of the molecule is CC(C)C1CCN(C(=O)c2cc(F)ccc2O)C1. The Kier molecular flexibility index (Phi) is 3.55. The third kappa shape index (κ3) is 2.47. The predicted octanol–water partition coefficient (Wildman–Crippen LogP) is 2.65. The Morgan fingerprint density at radius 3 is 2.83 bits per heavy atom. The van der Waals surface area contributed by atoms with Crippen LogP contribution < -0.4 is 0 Å². The zero-order valence-corrected chi connectivity index (χ0v) is 10.7. The molecule has 1 N–H and O–H groups in total. The lowest BCUT2D eigenvalue weighted by molar-refractivity contribution is 0.0780. The Hall–Kier alpha value is -1.58. The van der Waals surface area contributed by atoms with Crippen molar-refractivity contribution in [3.05, 3.63) is 29.6 Å². The number of likely N-dealkylation sites (tertiary alicyclic amines) is 1. The number of hydrogen-bond acceptors (Lipinski definition) is 2. The molecule has 1 aromatic carbocycles. The van der Waals surface area contributed by atoms with E-state index in [0.717, 1.165) is 18.6 Å². The Morgan fingerprint density at radius 2 is 2.22 bits per heavy atom. The molecule has 1 fully saturated rings. The molecule has 1 unspecified atom stereocenters. The highest BCUT2D eigenvalue weighted by Crippen LogP contribution is 2.27. The molecule has 1 aliphatic heterocycles. The van der Waals surface area contributed by atoms with Gasteiger partial charge in [-0.3, -0.25) is 4.79 Å². The van der Waals surface area contributed by atoms with E-state index in [2.05, 4.69) is 13.8 Å². The maximum absolute atomic E-state index is 13.1. The van der Waals surface area contributed by atoms with Gasteiger partial charge in [0.2, 0.25) is 0 Å². The van der Waals surface area contributed by atoms with Crippen LogP contribution in [0.25, 0.3) is 0 Å². The van der Waals surface area contributed by atoms with E-state index >= 15 is 0 Å². The molecule has 18 heavy (non-hydrogen) atoms. The van der Waals surface area contributed by atoms with Crippen molar-refractivity contribution in [2.75, 3.05) is 13.1 Å². The maximum atomic E-state index is 13.1. The summed E-state index contributed by atoms with van der Waals surface area (Å²) >= 11 is 0. The molecule has 0 saturated carbocycles. The average molecular weight is 251 g/mol. The molecule has 0 aliphatic carbocycles. The van der Waals surface area contributed by atoms with Crippen LogP contribution in [-0.2, 0) is 0 Å². The van der Waals surface area contributed by atoms with Crippen molar-refractivity contribution in [2.45, 2.75) is 20.3 Å². The second-order valence-corrected chi connectivity index (χ2v) is 5.21. The number of phenols is 1. The number of aromatic hydroxyl groups is 1. The Balaban J connectivity index is 2.15. The van der Waals surface area contributed by atoms with Crippen molar-refractivity contribution in [2.24, 2.45) is 11.8 Å². The van der Waals surface area contributed by atoms with Gasteiger partial charge < -0.3 is 10.0 Å². The minimum atomic E-state index is -0.504. The van der Waals surface area contributed by atoms with E-state index in [9.17, 15) is 14.3 Å². The van der Waals surface area contributed by atoms with E-state index in [-0.39, 0.29) is 17.2 Å². The largest absolute Gasteiger partial charge is 0.507 e. The average Bonchev–Trinajstić information content (AvgIpc) is 2.81. The van der Waals surface area contributed by atoms with Crippen LogP contribution in [0.15, 0.2) is 18.2 Å². The molecule has 1 heterocycles. The summed E-state index contributed by atoms with van der Waals surface area (Å²) in [6.07, 6.45) is 0.972. The van der Waals surface area contributed by atoms with Crippen molar-refractivity contribution < 1.29 is 14.3 Å². The first-order valence-corrected chi connectivity index (χ1v) is 6.27. The number of rotatable bonds is 2. The molecule has 0 bridgehead atoms. The summed E-state index contributed by atoms with van der Waals surface area (Å²) in [4.78, 5) is 13.9. The fourth-order valence-electron chi connectivity index (χ4n) is 2.37. The zero-order chi connectivity index (χ0) is 13.3. The molecule has 2 rings (SSSR count). The second-order valence-electron chi connectivity index (χ2n) is 5.21. The van der Waals surface area contributed by atoms with E-state index in [0.29, 0.717) is 24.9 Å². The van der Waals surface area contributed by atoms with Gasteiger partial charge in [-0.1, -0.05) is 13.8 Å². The van der Waals surface area contributed by atoms with Crippen LogP contribution in [0.2, 0.25) is 0 Å². The topological polar surface area (TPSA) is 40.5 Å². The van der Waals surface area contributed by atoms with Crippen molar-refractivity contribution in [3.63, 3.8) is 0 Å². The van der Waals surface area contributed by atoms with Gasteiger partial charge in [0.25, 0.3) is 5.91 Å². The highest BCUT2D eigenvalue weighted by atomic mass is 19.1. The molecule has 0 radical (unpaired) electrons. The number of amides is 1. The van der Waals surface area contributed by atoms with Gasteiger partial charge in [-0.2, -0.15) is 0 Å². The van der Waals surface area contributed by atoms with E-state index in [1.54, 1.807) is 4.90 Å². The number of nitrogens with zero attached hydrogens (tertiary/aromatic N) is 1. The first kappa shape index (κ1) is 12.9. The molecule has 4 heteroatoms. The van der Waals surface area contributed by atoms with Gasteiger partial charge in [0.1, 0.15) is 11.6 Å². The Labute approximate surface area is 106 Å². The Bertz CT molecular complexity index is 459. The summed E-state index contributed by atoms with van der Waals surface area (Å²) in [5, 5.41) is 9.63. The molecule has 1 aromatic rings. The highest BCUT2D eigenvalue weighted by Gasteiger charge is 2.29. The van der Waals surface area contributed by atoms with Crippen molar-refractivity contribution >= 4 is 5.91 Å². The minimum absolute atomic E-state index is 0.0550. The molecular formula is C14H18FNO2. The summed E-state index contributed by atoms with van der Waals surface area (Å²) in [5.74, 6) is 0.0776. The number of benzene rings is 1. The van der Waals surface area contributed by atoms with E-state index in [1.807, 2.05) is 0 Å². The summed E-state index contributed by atoms with van der Waals surface area (Å²) in [5.41, 5.74) is 0.0550. The van der Waals surface area contributed by atoms with E-state index in [1.165, 1.54) is 6.07 Å². The van der Waals surface area contributed by atoms with Gasteiger partial charge in [0.15, 0.2) is 0 Å². The van der Waals surface area contributed by atoms with Crippen LogP contribution in [-0.4, -0.2) is 29.0 Å². The monoisotopic (exact) mass is 251 g/mol. The van der Waals surface area contributed by atoms with Crippen LogP contribution in [0.5, 0.6) is 5.75 Å². The van der Waals surface area contributed by atoms with Gasteiger partial charge in [0, 0.05) is 13.1 Å². The Morgan fingerprint density at radius 1 is 1.50 bits per heavy atom. The fraction of sp³-hybridized carbons (Fsp3) is 0.500. The molecule has 1 saturated heterocycles. The third-order valence-electron chi connectivity index (χ3n) is 3.64. The smallest absolute Gasteiger partial charge is 0.257 e. The number of carbonyl (C=O) groups excluding carboxylic acids is 1. The highest BCUT2D eigenvalue weighted by molar-refractivity contribution is 5.97. The lowest BCUT2D eigenvalue weighted by Gasteiger charge is -2.18. The van der Waals surface area contributed by atoms with Crippen molar-refractivity contribution in [1.29, 1.82) is 0 Å². The van der Waals surface area contributed by atoms with Crippen molar-refractivity contribution in [3.8, 4) is 5.75 Å². The first-order chi connectivity index (χ1) is 8.49. The van der Waals surface area contributed by atoms with Gasteiger partial charge in [-0.15, -0.1) is 0 Å². The molecular weight excluding hydrogens is 233 g/mol. The van der Waals surface area contributed by atoms with Crippen LogP contribution >= 0.6 is 0 Å². The van der Waals surface area contributed by atoms with Crippen LogP contribution in [0.4, 0.5) is 4.39 Å². The second kappa shape index (κ2) is 4.96. The van der Waals surface area contributed by atoms with Gasteiger partial charge in [-0.25, -0.2) is 4.39 Å². The summed E-state index contributed by atoms with van der Waals surface area (Å²) in [6, 6.07) is 3.46.